The predicted molar refractivity (Wildman–Crippen MR) is 112 cm³/mol. The molecule has 0 saturated carbocycles. The Morgan fingerprint density at radius 1 is 1.13 bits per heavy atom. The summed E-state index contributed by atoms with van der Waals surface area (Å²) in [4.78, 5) is 15.3. The lowest BCUT2D eigenvalue weighted by molar-refractivity contribution is -0.0328. The van der Waals surface area contributed by atoms with Gasteiger partial charge in [0.05, 0.1) is 12.8 Å². The van der Waals surface area contributed by atoms with Gasteiger partial charge in [-0.2, -0.15) is 13.2 Å². The molecule has 0 atom stereocenters. The Hall–Kier alpha value is -2.45. The number of Topliss-reactive ketones (excluding diaryl/α,β-unsaturated/α-hetero) is 1. The Morgan fingerprint density at radius 2 is 1.83 bits per heavy atom. The molecule has 30 heavy (non-hydrogen) atoms. The van der Waals surface area contributed by atoms with Crippen LogP contribution in [-0.2, 0) is 6.42 Å². The molecule has 0 amide bonds. The summed E-state index contributed by atoms with van der Waals surface area (Å²) in [6, 6.07) is 9.87. The van der Waals surface area contributed by atoms with Crippen LogP contribution in [0, 0.1) is 0 Å². The van der Waals surface area contributed by atoms with E-state index in [9.17, 15) is 18.0 Å². The second kappa shape index (κ2) is 8.35. The second-order valence-corrected chi connectivity index (χ2v) is 8.35. The number of fused-ring (bicyclic) bond motifs is 1. The Labute approximate surface area is 177 Å². The summed E-state index contributed by atoms with van der Waals surface area (Å²) in [5, 5.41) is 3.32. The highest BCUT2D eigenvalue weighted by Gasteiger charge is 2.30. The number of nitrogens with one attached hydrogen (secondary N) is 1. The van der Waals surface area contributed by atoms with Crippen molar-refractivity contribution >= 4 is 29.3 Å². The number of allylic oxidation sites excluding steroid dienone is 1. The lowest BCUT2D eigenvalue weighted by atomic mass is 10.1. The van der Waals surface area contributed by atoms with Crippen molar-refractivity contribution in [1.29, 1.82) is 0 Å². The average molecular weight is 434 g/mol. The Balaban J connectivity index is 1.58. The van der Waals surface area contributed by atoms with E-state index in [0.717, 1.165) is 37.4 Å². The standard InChI is InChI=1S/C22H21F3N2O2S/c1-29-20-13-18-15(12-19(20)27-8-6-26-7-9-27)11-16(21(18)28)10-14-2-4-17(5-3-14)30-22(23,24)25/h2-5,10,12-13,26H,6-9,11H2,1H3/b16-10+. The van der Waals surface area contributed by atoms with Crippen LogP contribution in [-0.4, -0.2) is 44.6 Å². The van der Waals surface area contributed by atoms with Crippen LogP contribution in [0.3, 0.4) is 0 Å². The zero-order valence-electron chi connectivity index (χ0n) is 16.4. The molecule has 2 aliphatic rings. The number of hydrogen-bond donors (Lipinski definition) is 1. The molecule has 2 aromatic carbocycles. The summed E-state index contributed by atoms with van der Waals surface area (Å²) in [7, 11) is 1.60. The maximum Gasteiger partial charge on any atom is 0.446 e. The van der Waals surface area contributed by atoms with E-state index >= 15 is 0 Å². The van der Waals surface area contributed by atoms with Gasteiger partial charge in [-0.1, -0.05) is 12.1 Å². The third kappa shape index (κ3) is 4.49. The van der Waals surface area contributed by atoms with Gasteiger partial charge in [0, 0.05) is 48.6 Å². The summed E-state index contributed by atoms with van der Waals surface area (Å²) < 4.78 is 43.0. The smallest absolute Gasteiger partial charge is 0.446 e. The summed E-state index contributed by atoms with van der Waals surface area (Å²) in [6.45, 7) is 3.53. The van der Waals surface area contributed by atoms with E-state index in [4.69, 9.17) is 4.74 Å². The molecule has 1 aliphatic heterocycles. The van der Waals surface area contributed by atoms with Crippen molar-refractivity contribution < 1.29 is 22.7 Å². The van der Waals surface area contributed by atoms with Crippen LogP contribution in [0.15, 0.2) is 46.9 Å². The fourth-order valence-corrected chi connectivity index (χ4v) is 4.37. The van der Waals surface area contributed by atoms with Crippen molar-refractivity contribution in [3.05, 3.63) is 58.7 Å². The number of rotatable bonds is 4. The number of alkyl halides is 3. The van der Waals surface area contributed by atoms with Gasteiger partial charge in [-0.05, 0) is 53.2 Å². The van der Waals surface area contributed by atoms with Crippen molar-refractivity contribution in [2.45, 2.75) is 16.8 Å². The number of anilines is 1. The molecule has 1 N–H and O–H groups in total. The summed E-state index contributed by atoms with van der Waals surface area (Å²) in [6.07, 6.45) is 2.25. The minimum atomic E-state index is -4.32. The van der Waals surface area contributed by atoms with Crippen molar-refractivity contribution in [2.24, 2.45) is 0 Å². The number of piperazine rings is 1. The SMILES string of the molecule is COc1cc2c(cc1N1CCNCC1)C/C(=C\c1ccc(SC(F)(F)F)cc1)C2=O. The molecule has 1 heterocycles. The van der Waals surface area contributed by atoms with Crippen LogP contribution in [0.1, 0.15) is 21.5 Å². The minimum absolute atomic E-state index is 0.0658. The molecule has 0 bridgehead atoms. The van der Waals surface area contributed by atoms with Crippen LogP contribution in [0.25, 0.3) is 6.08 Å². The van der Waals surface area contributed by atoms with Gasteiger partial charge < -0.3 is 15.0 Å². The van der Waals surface area contributed by atoms with Crippen molar-refractivity contribution in [3.63, 3.8) is 0 Å². The molecule has 1 aliphatic carbocycles. The highest BCUT2D eigenvalue weighted by Crippen LogP contribution is 2.39. The maximum absolute atomic E-state index is 12.9. The number of carbonyl (C=O) groups is 1. The summed E-state index contributed by atoms with van der Waals surface area (Å²) in [5.74, 6) is 0.614. The topological polar surface area (TPSA) is 41.6 Å². The van der Waals surface area contributed by atoms with Gasteiger partial charge in [0.2, 0.25) is 0 Å². The number of thioether (sulfide) groups is 1. The monoisotopic (exact) mass is 434 g/mol. The number of carbonyl (C=O) groups excluding carboxylic acids is 1. The van der Waals surface area contributed by atoms with Crippen LogP contribution < -0.4 is 15.0 Å². The van der Waals surface area contributed by atoms with Crippen molar-refractivity contribution in [1.82, 2.24) is 5.32 Å². The van der Waals surface area contributed by atoms with Crippen LogP contribution in [0.4, 0.5) is 18.9 Å². The first-order valence-corrected chi connectivity index (χ1v) is 10.4. The predicted octanol–water partition coefficient (Wildman–Crippen LogP) is 4.54. The Kier molecular flexibility index (Phi) is 5.79. The fourth-order valence-electron chi connectivity index (χ4n) is 3.83. The molecule has 1 saturated heterocycles. The lowest BCUT2D eigenvalue weighted by Crippen LogP contribution is -2.43. The van der Waals surface area contributed by atoms with E-state index in [-0.39, 0.29) is 22.4 Å². The van der Waals surface area contributed by atoms with E-state index in [1.807, 2.05) is 6.07 Å². The largest absolute Gasteiger partial charge is 0.495 e. The zero-order valence-corrected chi connectivity index (χ0v) is 17.2. The van der Waals surface area contributed by atoms with Crippen LogP contribution in [0.5, 0.6) is 5.75 Å². The molecule has 0 aromatic heterocycles. The van der Waals surface area contributed by atoms with Gasteiger partial charge in [0.15, 0.2) is 5.78 Å². The Morgan fingerprint density at radius 3 is 2.47 bits per heavy atom. The van der Waals surface area contributed by atoms with E-state index in [1.165, 1.54) is 12.1 Å². The van der Waals surface area contributed by atoms with E-state index in [0.29, 0.717) is 28.9 Å². The van der Waals surface area contributed by atoms with Gasteiger partial charge in [-0.15, -0.1) is 0 Å². The number of ether oxygens (including phenoxy) is 1. The molecule has 4 rings (SSSR count). The molecule has 158 valence electrons. The van der Waals surface area contributed by atoms with Gasteiger partial charge in [0.1, 0.15) is 5.75 Å². The fraction of sp³-hybridized carbons (Fsp3) is 0.318. The highest BCUT2D eigenvalue weighted by atomic mass is 32.2. The molecule has 0 radical (unpaired) electrons. The number of ketones is 1. The maximum atomic E-state index is 12.9. The van der Waals surface area contributed by atoms with Gasteiger partial charge >= 0.3 is 5.51 Å². The molecule has 8 heteroatoms. The molecule has 1 fully saturated rings. The molecular formula is C22H21F3N2O2S. The Bertz CT molecular complexity index is 981. The van der Waals surface area contributed by atoms with Crippen molar-refractivity contribution in [2.75, 3.05) is 38.2 Å². The zero-order chi connectivity index (χ0) is 21.3. The number of methoxy groups -OCH3 is 1. The first-order valence-electron chi connectivity index (χ1n) is 9.62. The molecular weight excluding hydrogens is 413 g/mol. The second-order valence-electron chi connectivity index (χ2n) is 7.21. The van der Waals surface area contributed by atoms with Crippen LogP contribution in [0.2, 0.25) is 0 Å². The number of nitrogens with zero attached hydrogens (tertiary/aromatic N) is 1. The van der Waals surface area contributed by atoms with Crippen LogP contribution >= 0.6 is 11.8 Å². The van der Waals surface area contributed by atoms with Gasteiger partial charge in [-0.3, -0.25) is 4.79 Å². The third-order valence-corrected chi connectivity index (χ3v) is 5.97. The average Bonchev–Trinajstić information content (AvgIpc) is 3.02. The minimum Gasteiger partial charge on any atom is -0.495 e. The normalized spacial score (nSPS) is 18.1. The van der Waals surface area contributed by atoms with E-state index in [1.54, 1.807) is 31.4 Å². The van der Waals surface area contributed by atoms with Gasteiger partial charge in [-0.25, -0.2) is 0 Å². The number of halogens is 3. The van der Waals surface area contributed by atoms with E-state index < -0.39 is 5.51 Å². The first-order chi connectivity index (χ1) is 14.3. The third-order valence-electron chi connectivity index (χ3n) is 5.23. The quantitative estimate of drug-likeness (QED) is 0.565. The van der Waals surface area contributed by atoms with E-state index in [2.05, 4.69) is 10.2 Å². The molecule has 2 aromatic rings. The summed E-state index contributed by atoms with van der Waals surface area (Å²) >= 11 is -0.149. The number of hydrogen-bond acceptors (Lipinski definition) is 5. The highest BCUT2D eigenvalue weighted by molar-refractivity contribution is 8.00. The lowest BCUT2D eigenvalue weighted by Gasteiger charge is -2.31. The first kappa shape index (κ1) is 20.8. The summed E-state index contributed by atoms with van der Waals surface area (Å²) in [5.41, 5.74) is -0.427. The molecule has 4 nitrogen and oxygen atoms in total. The molecule has 0 unspecified atom stereocenters. The van der Waals surface area contributed by atoms with Gasteiger partial charge in [0.25, 0.3) is 0 Å². The number of benzene rings is 2. The molecule has 0 spiro atoms. The van der Waals surface area contributed by atoms with Crippen molar-refractivity contribution in [3.8, 4) is 5.75 Å².